The van der Waals surface area contributed by atoms with Gasteiger partial charge in [-0.3, -0.25) is 4.79 Å². The Morgan fingerprint density at radius 1 is 1.25 bits per heavy atom. The number of ether oxygens (including phenoxy) is 3. The molecule has 1 aliphatic rings. The lowest BCUT2D eigenvalue weighted by Gasteiger charge is -2.31. The third-order valence-electron chi connectivity index (χ3n) is 4.94. The predicted molar refractivity (Wildman–Crippen MR) is 106 cm³/mol. The molecule has 7 nitrogen and oxygen atoms in total. The van der Waals surface area contributed by atoms with Crippen LogP contribution in [0.1, 0.15) is 42.2 Å². The first-order valence-electron chi connectivity index (χ1n) is 9.51. The van der Waals surface area contributed by atoms with Crippen LogP contribution in [-0.4, -0.2) is 37.4 Å². The Morgan fingerprint density at radius 2 is 2.04 bits per heavy atom. The highest BCUT2D eigenvalue weighted by atomic mass is 16.5. The van der Waals surface area contributed by atoms with Crippen LogP contribution in [0.5, 0.6) is 11.5 Å². The molecule has 1 aliphatic heterocycles. The maximum absolute atomic E-state index is 12.6. The number of rotatable bonds is 7. The molecule has 0 amide bonds. The summed E-state index contributed by atoms with van der Waals surface area (Å²) in [5.41, 5.74) is 7.98. The van der Waals surface area contributed by atoms with Crippen molar-refractivity contribution < 1.29 is 19.0 Å². The van der Waals surface area contributed by atoms with E-state index in [9.17, 15) is 9.59 Å². The molecule has 1 unspecified atom stereocenters. The van der Waals surface area contributed by atoms with Gasteiger partial charge in [0.2, 0.25) is 0 Å². The van der Waals surface area contributed by atoms with Crippen molar-refractivity contribution in [3.05, 3.63) is 45.7 Å². The molecular weight excluding hydrogens is 360 g/mol. The quantitative estimate of drug-likeness (QED) is 0.735. The molecular formula is C21H26N2O5. The zero-order chi connectivity index (χ0) is 20.3. The number of carbonyl (C=O) groups is 1. The molecule has 7 heteroatoms. The van der Waals surface area contributed by atoms with E-state index in [4.69, 9.17) is 19.9 Å². The summed E-state index contributed by atoms with van der Waals surface area (Å²) in [5, 5.41) is 0. The number of benzene rings is 1. The SMILES string of the molecule is CCOC(=O)c1cn2c(cc1=O)-c1cc(OC)c(OCCN)cc1CC2CC. The van der Waals surface area contributed by atoms with Crippen LogP contribution >= 0.6 is 0 Å². The molecule has 150 valence electrons. The zero-order valence-corrected chi connectivity index (χ0v) is 16.5. The van der Waals surface area contributed by atoms with E-state index >= 15 is 0 Å². The number of hydrogen-bond donors (Lipinski definition) is 1. The molecule has 2 heterocycles. The van der Waals surface area contributed by atoms with E-state index in [1.54, 1.807) is 20.2 Å². The standard InChI is InChI=1S/C21H26N2O5/c1-4-14-8-13-9-20(28-7-6-22)19(26-3)10-15(13)17-11-18(24)16(12-23(14)17)21(25)27-5-2/h9-12,14H,4-8,22H2,1-3H3. The minimum absolute atomic E-state index is 0.0577. The molecule has 1 aromatic carbocycles. The number of nitrogens with two attached hydrogens (primary N) is 1. The summed E-state index contributed by atoms with van der Waals surface area (Å²) in [5.74, 6) is 0.627. The molecule has 0 saturated carbocycles. The molecule has 2 aromatic rings. The maximum Gasteiger partial charge on any atom is 0.343 e. The van der Waals surface area contributed by atoms with Gasteiger partial charge in [-0.15, -0.1) is 0 Å². The van der Waals surface area contributed by atoms with E-state index in [1.165, 1.54) is 6.07 Å². The minimum Gasteiger partial charge on any atom is -0.493 e. The smallest absolute Gasteiger partial charge is 0.343 e. The minimum atomic E-state index is -0.591. The number of methoxy groups -OCH3 is 1. The molecule has 1 atom stereocenters. The predicted octanol–water partition coefficient (Wildman–Crippen LogP) is 2.55. The van der Waals surface area contributed by atoms with Crippen molar-refractivity contribution in [3.8, 4) is 22.8 Å². The van der Waals surface area contributed by atoms with Gasteiger partial charge in [0.25, 0.3) is 0 Å². The van der Waals surface area contributed by atoms with Crippen molar-refractivity contribution in [2.24, 2.45) is 5.73 Å². The van der Waals surface area contributed by atoms with Crippen molar-refractivity contribution in [1.82, 2.24) is 4.57 Å². The number of fused-ring (bicyclic) bond motifs is 3. The average Bonchev–Trinajstić information content (AvgIpc) is 2.70. The number of hydrogen-bond acceptors (Lipinski definition) is 6. The topological polar surface area (TPSA) is 92.8 Å². The second kappa shape index (κ2) is 8.48. The van der Waals surface area contributed by atoms with E-state index < -0.39 is 5.97 Å². The molecule has 2 N–H and O–H groups in total. The number of pyridine rings is 1. The van der Waals surface area contributed by atoms with Crippen LogP contribution in [0.3, 0.4) is 0 Å². The Hall–Kier alpha value is -2.80. The fourth-order valence-corrected chi connectivity index (χ4v) is 3.57. The highest BCUT2D eigenvalue weighted by molar-refractivity contribution is 5.89. The summed E-state index contributed by atoms with van der Waals surface area (Å²) >= 11 is 0. The van der Waals surface area contributed by atoms with Gasteiger partial charge in [0.1, 0.15) is 12.2 Å². The lowest BCUT2D eigenvalue weighted by atomic mass is 9.90. The summed E-state index contributed by atoms with van der Waals surface area (Å²) in [7, 11) is 1.58. The Kier molecular flexibility index (Phi) is 6.04. The van der Waals surface area contributed by atoms with Gasteiger partial charge >= 0.3 is 5.97 Å². The molecule has 0 bridgehead atoms. The first-order chi connectivity index (χ1) is 13.5. The van der Waals surface area contributed by atoms with Crippen molar-refractivity contribution >= 4 is 5.97 Å². The second-order valence-corrected chi connectivity index (χ2v) is 6.63. The van der Waals surface area contributed by atoms with Gasteiger partial charge in [0, 0.05) is 30.4 Å². The lowest BCUT2D eigenvalue weighted by Crippen LogP contribution is -2.26. The van der Waals surface area contributed by atoms with Crippen LogP contribution in [0.4, 0.5) is 0 Å². The van der Waals surface area contributed by atoms with Crippen molar-refractivity contribution in [1.29, 1.82) is 0 Å². The van der Waals surface area contributed by atoms with Crippen LogP contribution < -0.4 is 20.6 Å². The van der Waals surface area contributed by atoms with Gasteiger partial charge in [-0.05, 0) is 37.5 Å². The molecule has 0 fully saturated rings. The maximum atomic E-state index is 12.6. The average molecular weight is 386 g/mol. The largest absolute Gasteiger partial charge is 0.493 e. The van der Waals surface area contributed by atoms with Crippen molar-refractivity contribution in [3.63, 3.8) is 0 Å². The van der Waals surface area contributed by atoms with E-state index in [0.717, 1.165) is 29.7 Å². The van der Waals surface area contributed by atoms with E-state index in [0.29, 0.717) is 24.7 Å². The molecule has 0 aliphatic carbocycles. The zero-order valence-electron chi connectivity index (χ0n) is 16.5. The van der Waals surface area contributed by atoms with Crippen molar-refractivity contribution in [2.45, 2.75) is 32.7 Å². The highest BCUT2D eigenvalue weighted by Gasteiger charge is 2.27. The van der Waals surface area contributed by atoms with Gasteiger partial charge in [-0.25, -0.2) is 4.79 Å². The fourth-order valence-electron chi connectivity index (χ4n) is 3.57. The first kappa shape index (κ1) is 19.9. The number of carbonyl (C=O) groups excluding carboxylic acids is 1. The highest BCUT2D eigenvalue weighted by Crippen LogP contribution is 2.41. The molecule has 0 spiro atoms. The monoisotopic (exact) mass is 386 g/mol. The molecule has 0 radical (unpaired) electrons. The van der Waals surface area contributed by atoms with E-state index in [2.05, 4.69) is 6.92 Å². The van der Waals surface area contributed by atoms with E-state index in [1.807, 2.05) is 16.7 Å². The fraction of sp³-hybridized carbons (Fsp3) is 0.429. The van der Waals surface area contributed by atoms with Gasteiger partial charge in [0.15, 0.2) is 16.9 Å². The van der Waals surface area contributed by atoms with E-state index in [-0.39, 0.29) is 23.6 Å². The van der Waals surface area contributed by atoms with Gasteiger partial charge < -0.3 is 24.5 Å². The van der Waals surface area contributed by atoms with Gasteiger partial charge in [-0.2, -0.15) is 0 Å². The third-order valence-corrected chi connectivity index (χ3v) is 4.94. The summed E-state index contributed by atoms with van der Waals surface area (Å²) in [6, 6.07) is 5.46. The van der Waals surface area contributed by atoms with Gasteiger partial charge in [0.05, 0.1) is 19.4 Å². The third kappa shape index (κ3) is 3.62. The van der Waals surface area contributed by atoms with Crippen LogP contribution in [0.25, 0.3) is 11.3 Å². The van der Waals surface area contributed by atoms with Crippen LogP contribution in [0.2, 0.25) is 0 Å². The van der Waals surface area contributed by atoms with Crippen LogP contribution in [0, 0.1) is 0 Å². The first-order valence-corrected chi connectivity index (χ1v) is 9.51. The Bertz CT molecular complexity index is 935. The van der Waals surface area contributed by atoms with Crippen molar-refractivity contribution in [2.75, 3.05) is 26.9 Å². The summed E-state index contributed by atoms with van der Waals surface area (Å²) < 4.78 is 18.2. The number of nitrogens with zero attached hydrogens (tertiary/aromatic N) is 1. The molecule has 28 heavy (non-hydrogen) atoms. The second-order valence-electron chi connectivity index (χ2n) is 6.63. The lowest BCUT2D eigenvalue weighted by molar-refractivity contribution is 0.0523. The van der Waals surface area contributed by atoms with Gasteiger partial charge in [-0.1, -0.05) is 6.92 Å². The summed E-state index contributed by atoms with van der Waals surface area (Å²) in [4.78, 5) is 24.7. The number of aromatic nitrogens is 1. The number of esters is 1. The molecule has 3 rings (SSSR count). The Labute approximate surface area is 164 Å². The molecule has 1 aromatic heterocycles. The van der Waals surface area contributed by atoms with Crippen LogP contribution in [-0.2, 0) is 11.2 Å². The molecule has 0 saturated heterocycles. The summed E-state index contributed by atoms with van der Waals surface area (Å²) in [6.45, 7) is 4.83. The Morgan fingerprint density at radius 3 is 2.68 bits per heavy atom. The normalized spacial score (nSPS) is 14.8. The summed E-state index contributed by atoms with van der Waals surface area (Å²) in [6.07, 6.45) is 3.23. The Balaban J connectivity index is 2.15. The van der Waals surface area contributed by atoms with Crippen LogP contribution in [0.15, 0.2) is 29.2 Å².